The van der Waals surface area contributed by atoms with Crippen LogP contribution in [0.3, 0.4) is 0 Å². The summed E-state index contributed by atoms with van der Waals surface area (Å²) in [5, 5.41) is 0.379. The van der Waals surface area contributed by atoms with Crippen LogP contribution in [0.15, 0.2) is 41.6 Å². The maximum absolute atomic E-state index is 14.5. The van der Waals surface area contributed by atoms with Crippen LogP contribution in [0.4, 0.5) is 8.78 Å². The number of hydrogen-bond acceptors (Lipinski definition) is 2. The van der Waals surface area contributed by atoms with Crippen molar-refractivity contribution in [1.82, 2.24) is 4.98 Å². The van der Waals surface area contributed by atoms with Crippen LogP contribution >= 0.6 is 35.0 Å². The summed E-state index contributed by atoms with van der Waals surface area (Å²) < 4.78 is 26.7. The van der Waals surface area contributed by atoms with Gasteiger partial charge in [-0.15, -0.1) is 0 Å². The van der Waals surface area contributed by atoms with Crippen molar-refractivity contribution in [3.63, 3.8) is 0 Å². The second kappa shape index (κ2) is 6.84. The van der Waals surface area contributed by atoms with Crippen LogP contribution in [0.2, 0.25) is 0 Å². The SMILES string of the molecule is C=C1CCCCC1CC(F)(F)C(Cl)(Cl)Sc1ccccn1. The third-order valence-electron chi connectivity index (χ3n) is 3.68. The van der Waals surface area contributed by atoms with Gasteiger partial charge in [-0.05, 0) is 37.3 Å². The van der Waals surface area contributed by atoms with Gasteiger partial charge >= 0.3 is 0 Å². The number of thioether (sulfide) groups is 1. The molecular weight excluding hydrogens is 335 g/mol. The first-order chi connectivity index (χ1) is 9.82. The third kappa shape index (κ3) is 4.33. The van der Waals surface area contributed by atoms with Crippen molar-refractivity contribution in [3.8, 4) is 0 Å². The highest BCUT2D eigenvalue weighted by molar-refractivity contribution is 8.03. The fourth-order valence-electron chi connectivity index (χ4n) is 2.44. The Morgan fingerprint density at radius 1 is 1.33 bits per heavy atom. The van der Waals surface area contributed by atoms with Gasteiger partial charge in [-0.1, -0.05) is 59.6 Å². The lowest BCUT2D eigenvalue weighted by molar-refractivity contribution is -0.0157. The predicted molar refractivity (Wildman–Crippen MR) is 85.2 cm³/mol. The standard InChI is InChI=1S/C15H17Cl2F2NS/c1-11-6-2-3-7-12(11)10-14(18,19)15(16,17)21-13-8-4-5-9-20-13/h4-5,8-9,12H,1-3,6-7,10H2. The second-order valence-electron chi connectivity index (χ2n) is 5.30. The summed E-state index contributed by atoms with van der Waals surface area (Å²) in [5.74, 6) is -3.43. The van der Waals surface area contributed by atoms with Gasteiger partial charge in [0, 0.05) is 12.6 Å². The lowest BCUT2D eigenvalue weighted by Crippen LogP contribution is -2.38. The molecule has 1 nitrogen and oxygen atoms in total. The van der Waals surface area contributed by atoms with Crippen molar-refractivity contribution in [2.75, 3.05) is 0 Å². The lowest BCUT2D eigenvalue weighted by Gasteiger charge is -2.34. The summed E-state index contributed by atoms with van der Waals surface area (Å²) in [7, 11) is 0. The smallest absolute Gasteiger partial charge is 0.250 e. The molecule has 0 amide bonds. The molecule has 1 fully saturated rings. The van der Waals surface area contributed by atoms with Gasteiger partial charge in [-0.2, -0.15) is 0 Å². The first kappa shape index (κ1) is 17.0. The first-order valence-corrected chi connectivity index (χ1v) is 8.42. The van der Waals surface area contributed by atoms with E-state index in [1.165, 1.54) is 6.20 Å². The van der Waals surface area contributed by atoms with Crippen molar-refractivity contribution < 1.29 is 8.78 Å². The lowest BCUT2D eigenvalue weighted by atomic mass is 9.82. The number of alkyl halides is 4. The topological polar surface area (TPSA) is 12.9 Å². The van der Waals surface area contributed by atoms with E-state index in [0.29, 0.717) is 16.8 Å². The molecule has 0 aromatic carbocycles. The number of aromatic nitrogens is 1. The van der Waals surface area contributed by atoms with Gasteiger partial charge in [0.25, 0.3) is 5.92 Å². The van der Waals surface area contributed by atoms with Gasteiger partial charge in [0.05, 0.1) is 5.03 Å². The van der Waals surface area contributed by atoms with E-state index >= 15 is 0 Å². The van der Waals surface area contributed by atoms with Gasteiger partial charge in [0.15, 0.2) is 0 Å². The van der Waals surface area contributed by atoms with E-state index < -0.39 is 9.59 Å². The maximum Gasteiger partial charge on any atom is 0.290 e. The zero-order chi connectivity index (χ0) is 15.5. The van der Waals surface area contributed by atoms with Crippen LogP contribution in [-0.2, 0) is 0 Å². The number of halogens is 4. The predicted octanol–water partition coefficient (Wildman–Crippen LogP) is 6.08. The molecule has 0 bridgehead atoms. The average Bonchev–Trinajstić information content (AvgIpc) is 2.41. The number of pyridine rings is 1. The summed E-state index contributed by atoms with van der Waals surface area (Å²) in [4.78, 5) is 3.98. The zero-order valence-corrected chi connectivity index (χ0v) is 13.8. The minimum absolute atomic E-state index is 0.213. The highest BCUT2D eigenvalue weighted by Gasteiger charge is 2.53. The van der Waals surface area contributed by atoms with Gasteiger partial charge in [-0.3, -0.25) is 0 Å². The van der Waals surface area contributed by atoms with Crippen molar-refractivity contribution in [1.29, 1.82) is 0 Å². The summed E-state index contributed by atoms with van der Waals surface area (Å²) in [6, 6.07) is 5.03. The van der Waals surface area contributed by atoms with Crippen LogP contribution in [0.5, 0.6) is 0 Å². The van der Waals surface area contributed by atoms with Gasteiger partial charge < -0.3 is 0 Å². The largest absolute Gasteiger partial charge is 0.290 e. The Balaban J connectivity index is 2.07. The van der Waals surface area contributed by atoms with Crippen LogP contribution < -0.4 is 0 Å². The molecule has 1 aliphatic carbocycles. The Kier molecular flexibility index (Phi) is 5.55. The van der Waals surface area contributed by atoms with Crippen molar-refractivity contribution >= 4 is 35.0 Å². The number of allylic oxidation sites excluding steroid dienone is 1. The molecule has 1 aromatic heterocycles. The monoisotopic (exact) mass is 351 g/mol. The molecule has 2 rings (SSSR count). The molecule has 0 spiro atoms. The van der Waals surface area contributed by atoms with Gasteiger partial charge in [0.1, 0.15) is 0 Å². The summed E-state index contributed by atoms with van der Waals surface area (Å²) >= 11 is 12.6. The quantitative estimate of drug-likeness (QED) is 0.362. The minimum Gasteiger partial charge on any atom is -0.250 e. The second-order valence-corrected chi connectivity index (χ2v) is 8.31. The molecule has 116 valence electrons. The molecule has 1 saturated carbocycles. The van der Waals surface area contributed by atoms with Crippen molar-refractivity contribution in [2.45, 2.75) is 46.7 Å². The Morgan fingerprint density at radius 3 is 2.71 bits per heavy atom. The molecular formula is C15H17Cl2F2NS. The first-order valence-electron chi connectivity index (χ1n) is 6.85. The molecule has 1 aromatic rings. The molecule has 21 heavy (non-hydrogen) atoms. The molecule has 0 saturated heterocycles. The Morgan fingerprint density at radius 2 is 2.10 bits per heavy atom. The summed E-state index contributed by atoms with van der Waals surface area (Å²) in [6.07, 6.45) is 4.67. The fraction of sp³-hybridized carbons (Fsp3) is 0.533. The van der Waals surface area contributed by atoms with Gasteiger partial charge in [-0.25, -0.2) is 13.8 Å². The van der Waals surface area contributed by atoms with Crippen molar-refractivity contribution in [2.24, 2.45) is 5.92 Å². The average molecular weight is 352 g/mol. The Bertz CT molecular complexity index is 494. The Labute approximate surface area is 138 Å². The van der Waals surface area contributed by atoms with E-state index in [0.717, 1.165) is 31.3 Å². The Hall–Kier alpha value is -0.320. The van der Waals surface area contributed by atoms with Crippen LogP contribution in [0.25, 0.3) is 0 Å². The fourth-order valence-corrected chi connectivity index (χ4v) is 3.82. The van der Waals surface area contributed by atoms with Gasteiger partial charge in [0.2, 0.25) is 3.67 Å². The van der Waals surface area contributed by atoms with E-state index in [-0.39, 0.29) is 12.3 Å². The van der Waals surface area contributed by atoms with E-state index in [4.69, 9.17) is 23.2 Å². The van der Waals surface area contributed by atoms with E-state index in [1.807, 2.05) is 0 Å². The van der Waals surface area contributed by atoms with E-state index in [9.17, 15) is 8.78 Å². The van der Waals surface area contributed by atoms with Crippen LogP contribution in [0.1, 0.15) is 32.1 Å². The molecule has 1 unspecified atom stereocenters. The zero-order valence-electron chi connectivity index (χ0n) is 11.5. The third-order valence-corrected chi connectivity index (χ3v) is 5.70. The highest BCUT2D eigenvalue weighted by atomic mass is 35.5. The van der Waals surface area contributed by atoms with E-state index in [1.54, 1.807) is 18.2 Å². The molecule has 0 radical (unpaired) electrons. The molecule has 1 atom stereocenters. The summed E-state index contributed by atoms with van der Waals surface area (Å²) in [6.45, 7) is 3.91. The van der Waals surface area contributed by atoms with E-state index in [2.05, 4.69) is 11.6 Å². The van der Waals surface area contributed by atoms with Crippen LogP contribution in [-0.4, -0.2) is 14.6 Å². The normalized spacial score (nSPS) is 20.6. The van der Waals surface area contributed by atoms with Crippen LogP contribution in [0, 0.1) is 5.92 Å². The highest BCUT2D eigenvalue weighted by Crippen LogP contribution is 2.53. The molecule has 1 aliphatic rings. The molecule has 6 heteroatoms. The summed E-state index contributed by atoms with van der Waals surface area (Å²) in [5.41, 5.74) is 0.882. The number of rotatable bonds is 5. The molecule has 0 N–H and O–H groups in total. The molecule has 1 heterocycles. The van der Waals surface area contributed by atoms with Crippen molar-refractivity contribution in [3.05, 3.63) is 36.5 Å². The number of nitrogens with zero attached hydrogens (tertiary/aromatic N) is 1. The number of hydrogen-bond donors (Lipinski definition) is 0. The minimum atomic E-state index is -3.22. The molecule has 0 aliphatic heterocycles. The maximum atomic E-state index is 14.5.